The van der Waals surface area contributed by atoms with Crippen LogP contribution in [0.3, 0.4) is 0 Å². The number of piperidine rings is 1. The van der Waals surface area contributed by atoms with Crippen LogP contribution in [0, 0.1) is 17.3 Å². The molecular formula is C14H27ClN2O. The zero-order chi connectivity index (χ0) is 13.8. The molecule has 1 amide bonds. The number of halogens is 1. The highest BCUT2D eigenvalue weighted by molar-refractivity contribution is 6.19. The monoisotopic (exact) mass is 274 g/mol. The minimum atomic E-state index is -0.485. The predicted octanol–water partition coefficient (Wildman–Crippen LogP) is 2.39. The number of alkyl halides is 1. The van der Waals surface area contributed by atoms with E-state index in [1.807, 2.05) is 13.8 Å². The summed E-state index contributed by atoms with van der Waals surface area (Å²) in [5, 5.41) is 6.54. The lowest BCUT2D eigenvalue weighted by atomic mass is 9.84. The summed E-state index contributed by atoms with van der Waals surface area (Å²) in [5.41, 5.74) is -0.485. The summed E-state index contributed by atoms with van der Waals surface area (Å²) in [6, 6.07) is 0.246. The fourth-order valence-corrected chi connectivity index (χ4v) is 2.52. The molecule has 106 valence electrons. The summed E-state index contributed by atoms with van der Waals surface area (Å²) in [6.45, 7) is 10.2. The van der Waals surface area contributed by atoms with Gasteiger partial charge in [-0.3, -0.25) is 4.79 Å². The molecule has 1 saturated heterocycles. The zero-order valence-corrected chi connectivity index (χ0v) is 12.8. The van der Waals surface area contributed by atoms with Gasteiger partial charge in [0, 0.05) is 18.5 Å². The first-order valence-corrected chi connectivity index (χ1v) is 7.48. The van der Waals surface area contributed by atoms with Crippen LogP contribution in [0.2, 0.25) is 0 Å². The summed E-state index contributed by atoms with van der Waals surface area (Å²) in [7, 11) is 0. The van der Waals surface area contributed by atoms with Crippen LogP contribution in [-0.4, -0.2) is 30.9 Å². The van der Waals surface area contributed by atoms with Crippen LogP contribution in [0.25, 0.3) is 0 Å². The van der Waals surface area contributed by atoms with E-state index < -0.39 is 5.41 Å². The van der Waals surface area contributed by atoms with Crippen LogP contribution < -0.4 is 10.6 Å². The van der Waals surface area contributed by atoms with Crippen LogP contribution in [0.4, 0.5) is 0 Å². The Bertz CT molecular complexity index is 279. The van der Waals surface area contributed by atoms with Gasteiger partial charge in [0.25, 0.3) is 0 Å². The van der Waals surface area contributed by atoms with Crippen LogP contribution in [0.15, 0.2) is 0 Å². The van der Waals surface area contributed by atoms with E-state index in [0.717, 1.165) is 19.5 Å². The minimum Gasteiger partial charge on any atom is -0.351 e. The second-order valence-electron chi connectivity index (χ2n) is 6.48. The van der Waals surface area contributed by atoms with Gasteiger partial charge in [-0.1, -0.05) is 13.8 Å². The first-order valence-electron chi connectivity index (χ1n) is 6.94. The second-order valence-corrected chi connectivity index (χ2v) is 6.75. The van der Waals surface area contributed by atoms with E-state index in [0.29, 0.717) is 17.7 Å². The number of carbonyl (C=O) groups is 1. The Morgan fingerprint density at radius 2 is 2.17 bits per heavy atom. The molecule has 1 heterocycles. The SMILES string of the molecule is CC(C)CC1CCNCC1NC(=O)C(C)(C)CCl. The van der Waals surface area contributed by atoms with E-state index in [2.05, 4.69) is 24.5 Å². The fourth-order valence-electron chi connectivity index (χ4n) is 2.39. The number of nitrogens with one attached hydrogen (secondary N) is 2. The molecule has 0 spiro atoms. The number of carbonyl (C=O) groups excluding carboxylic acids is 1. The van der Waals surface area contributed by atoms with Crippen molar-refractivity contribution in [2.75, 3.05) is 19.0 Å². The van der Waals surface area contributed by atoms with Crippen molar-refractivity contribution >= 4 is 17.5 Å². The van der Waals surface area contributed by atoms with Crippen LogP contribution in [0.1, 0.15) is 40.5 Å². The third-order valence-corrected chi connectivity index (χ3v) is 4.33. The van der Waals surface area contributed by atoms with Gasteiger partial charge in [-0.25, -0.2) is 0 Å². The van der Waals surface area contributed by atoms with Gasteiger partial charge >= 0.3 is 0 Å². The molecule has 0 aromatic heterocycles. The molecule has 1 aliphatic heterocycles. The van der Waals surface area contributed by atoms with E-state index in [9.17, 15) is 4.79 Å². The maximum Gasteiger partial charge on any atom is 0.227 e. The molecule has 1 aliphatic rings. The molecule has 1 fully saturated rings. The highest BCUT2D eigenvalue weighted by Gasteiger charge is 2.32. The fraction of sp³-hybridized carbons (Fsp3) is 0.929. The quantitative estimate of drug-likeness (QED) is 0.756. The molecule has 3 nitrogen and oxygen atoms in total. The van der Waals surface area contributed by atoms with Gasteiger partial charge in [-0.15, -0.1) is 11.6 Å². The van der Waals surface area contributed by atoms with Crippen molar-refractivity contribution in [2.45, 2.75) is 46.6 Å². The van der Waals surface area contributed by atoms with Gasteiger partial charge in [-0.05, 0) is 45.1 Å². The third-order valence-electron chi connectivity index (χ3n) is 3.66. The lowest BCUT2D eigenvalue weighted by molar-refractivity contribution is -0.129. The molecule has 0 aromatic carbocycles. The van der Waals surface area contributed by atoms with Crippen molar-refractivity contribution in [3.8, 4) is 0 Å². The zero-order valence-electron chi connectivity index (χ0n) is 12.1. The van der Waals surface area contributed by atoms with Gasteiger partial charge < -0.3 is 10.6 Å². The molecule has 4 heteroatoms. The third kappa shape index (κ3) is 4.43. The minimum absolute atomic E-state index is 0.0694. The number of amides is 1. The number of hydrogen-bond acceptors (Lipinski definition) is 2. The Kier molecular flexibility index (Phi) is 5.93. The van der Waals surface area contributed by atoms with Gasteiger partial charge in [-0.2, -0.15) is 0 Å². The van der Waals surface area contributed by atoms with E-state index in [-0.39, 0.29) is 11.9 Å². The summed E-state index contributed by atoms with van der Waals surface area (Å²) in [5.74, 6) is 1.68. The van der Waals surface area contributed by atoms with Crippen molar-refractivity contribution in [3.63, 3.8) is 0 Å². The van der Waals surface area contributed by atoms with Crippen LogP contribution >= 0.6 is 11.6 Å². The Hall–Kier alpha value is -0.280. The average molecular weight is 275 g/mol. The first kappa shape index (κ1) is 15.8. The highest BCUT2D eigenvalue weighted by atomic mass is 35.5. The standard InChI is InChI=1S/C14H27ClN2O/c1-10(2)7-11-5-6-16-8-12(11)17-13(18)14(3,4)9-15/h10-12,16H,5-9H2,1-4H3,(H,17,18). The molecule has 0 aliphatic carbocycles. The largest absolute Gasteiger partial charge is 0.351 e. The summed E-state index contributed by atoms with van der Waals surface area (Å²) >= 11 is 5.85. The van der Waals surface area contributed by atoms with E-state index in [1.165, 1.54) is 6.42 Å². The molecule has 0 saturated carbocycles. The molecule has 2 unspecified atom stereocenters. The Balaban J connectivity index is 2.59. The average Bonchev–Trinajstić information content (AvgIpc) is 2.31. The molecule has 2 N–H and O–H groups in total. The van der Waals surface area contributed by atoms with Gasteiger partial charge in [0.1, 0.15) is 0 Å². The second kappa shape index (κ2) is 6.76. The number of hydrogen-bond donors (Lipinski definition) is 2. The topological polar surface area (TPSA) is 41.1 Å². The summed E-state index contributed by atoms with van der Waals surface area (Å²) in [4.78, 5) is 12.2. The van der Waals surface area contributed by atoms with Gasteiger partial charge in [0.2, 0.25) is 5.91 Å². The smallest absolute Gasteiger partial charge is 0.227 e. The van der Waals surface area contributed by atoms with Crippen molar-refractivity contribution in [1.82, 2.24) is 10.6 Å². The molecule has 1 rings (SSSR count). The van der Waals surface area contributed by atoms with Crippen LogP contribution in [0.5, 0.6) is 0 Å². The Labute approximate surface area is 116 Å². The molecular weight excluding hydrogens is 248 g/mol. The summed E-state index contributed by atoms with van der Waals surface area (Å²) < 4.78 is 0. The maximum atomic E-state index is 12.2. The number of rotatable bonds is 5. The lowest BCUT2D eigenvalue weighted by Gasteiger charge is -2.35. The Morgan fingerprint density at radius 1 is 1.50 bits per heavy atom. The Morgan fingerprint density at radius 3 is 2.72 bits per heavy atom. The van der Waals surface area contributed by atoms with Crippen molar-refractivity contribution in [2.24, 2.45) is 17.3 Å². The lowest BCUT2D eigenvalue weighted by Crippen LogP contribution is -2.54. The molecule has 0 radical (unpaired) electrons. The van der Waals surface area contributed by atoms with Crippen LogP contribution in [-0.2, 0) is 4.79 Å². The van der Waals surface area contributed by atoms with Crippen molar-refractivity contribution in [1.29, 1.82) is 0 Å². The molecule has 2 atom stereocenters. The molecule has 0 aromatic rings. The maximum absolute atomic E-state index is 12.2. The normalized spacial score (nSPS) is 25.2. The van der Waals surface area contributed by atoms with E-state index in [4.69, 9.17) is 11.6 Å². The molecule has 18 heavy (non-hydrogen) atoms. The summed E-state index contributed by atoms with van der Waals surface area (Å²) in [6.07, 6.45) is 2.32. The van der Waals surface area contributed by atoms with Gasteiger partial charge in [0.15, 0.2) is 0 Å². The predicted molar refractivity (Wildman–Crippen MR) is 76.9 cm³/mol. The van der Waals surface area contributed by atoms with E-state index >= 15 is 0 Å². The van der Waals surface area contributed by atoms with Crippen molar-refractivity contribution in [3.05, 3.63) is 0 Å². The first-order chi connectivity index (χ1) is 8.36. The van der Waals surface area contributed by atoms with Crippen molar-refractivity contribution < 1.29 is 4.79 Å². The van der Waals surface area contributed by atoms with Gasteiger partial charge in [0.05, 0.1) is 5.41 Å². The molecule has 0 bridgehead atoms. The highest BCUT2D eigenvalue weighted by Crippen LogP contribution is 2.23. The van der Waals surface area contributed by atoms with E-state index in [1.54, 1.807) is 0 Å².